The molecule has 7 heteroatoms. The van der Waals surface area contributed by atoms with E-state index in [4.69, 9.17) is 4.74 Å². The number of para-hydroxylation sites is 3. The summed E-state index contributed by atoms with van der Waals surface area (Å²) in [6.45, 7) is 1.65. The number of carbonyl (C=O) groups excluding carboxylic acids is 2. The van der Waals surface area contributed by atoms with Gasteiger partial charge < -0.3 is 9.64 Å². The molecular weight excluding hydrogens is 338 g/mol. The molecule has 1 N–H and O–H groups in total. The monoisotopic (exact) mass is 353 g/mol. The summed E-state index contributed by atoms with van der Waals surface area (Å²) in [7, 11) is 0. The Morgan fingerprint density at radius 1 is 1.20 bits per heavy atom. The lowest BCUT2D eigenvalue weighted by Crippen LogP contribution is -2.48. The first-order valence-electron chi connectivity index (χ1n) is 7.82. The van der Waals surface area contributed by atoms with Gasteiger partial charge in [0, 0.05) is 6.92 Å². The van der Waals surface area contributed by atoms with E-state index in [1.807, 2.05) is 36.4 Å². The molecule has 0 bridgehead atoms. The maximum absolute atomic E-state index is 12.6. The number of nitrogens with zero attached hydrogens (tertiary/aromatic N) is 2. The molecule has 0 saturated heterocycles. The fraction of sp³-hybridized carbons (Fsp3) is 0.167. The van der Waals surface area contributed by atoms with E-state index in [-0.39, 0.29) is 18.4 Å². The molecule has 0 aliphatic carbocycles. The third kappa shape index (κ3) is 2.94. The summed E-state index contributed by atoms with van der Waals surface area (Å²) in [6.07, 6.45) is -0.786. The number of nitrogens with one attached hydrogen (secondary N) is 1. The Kier molecular flexibility index (Phi) is 3.85. The average Bonchev–Trinajstić information content (AvgIpc) is 3.02. The van der Waals surface area contributed by atoms with Crippen LogP contribution in [0, 0.1) is 0 Å². The van der Waals surface area contributed by atoms with Crippen LogP contribution in [0.3, 0.4) is 0 Å². The first-order valence-corrected chi connectivity index (χ1v) is 8.64. The van der Waals surface area contributed by atoms with Crippen LogP contribution < -0.4 is 15.0 Å². The molecule has 1 aliphatic rings. The fourth-order valence-electron chi connectivity index (χ4n) is 2.78. The zero-order valence-corrected chi connectivity index (χ0v) is 14.2. The van der Waals surface area contributed by atoms with Gasteiger partial charge in [-0.05, 0) is 24.3 Å². The third-order valence-electron chi connectivity index (χ3n) is 3.97. The van der Waals surface area contributed by atoms with E-state index < -0.39 is 6.10 Å². The van der Waals surface area contributed by atoms with Crippen molar-refractivity contribution in [1.82, 2.24) is 4.98 Å². The predicted octanol–water partition coefficient (Wildman–Crippen LogP) is 3.05. The van der Waals surface area contributed by atoms with E-state index in [0.717, 1.165) is 10.2 Å². The molecule has 126 valence electrons. The highest BCUT2D eigenvalue weighted by atomic mass is 32.1. The van der Waals surface area contributed by atoms with Crippen molar-refractivity contribution in [3.05, 3.63) is 48.5 Å². The number of aromatic nitrogens is 1. The number of carbonyl (C=O) groups is 2. The van der Waals surface area contributed by atoms with Gasteiger partial charge >= 0.3 is 0 Å². The van der Waals surface area contributed by atoms with E-state index in [9.17, 15) is 9.59 Å². The second-order valence-electron chi connectivity index (χ2n) is 5.68. The summed E-state index contributed by atoms with van der Waals surface area (Å²) < 4.78 is 6.79. The smallest absolute Gasteiger partial charge is 0.269 e. The first kappa shape index (κ1) is 15.6. The van der Waals surface area contributed by atoms with Crippen molar-refractivity contribution in [2.45, 2.75) is 13.0 Å². The molecule has 1 atom stereocenters. The largest absolute Gasteiger partial charge is 0.476 e. The van der Waals surface area contributed by atoms with E-state index >= 15 is 0 Å². The van der Waals surface area contributed by atoms with Crippen molar-refractivity contribution in [3.63, 3.8) is 0 Å². The number of thiazole rings is 1. The number of amides is 2. The normalized spacial score (nSPS) is 16.2. The van der Waals surface area contributed by atoms with Crippen LogP contribution in [0.5, 0.6) is 5.75 Å². The lowest BCUT2D eigenvalue weighted by molar-refractivity contribution is -0.123. The van der Waals surface area contributed by atoms with Crippen LogP contribution >= 0.6 is 11.3 Å². The number of fused-ring (bicyclic) bond motifs is 2. The van der Waals surface area contributed by atoms with Gasteiger partial charge in [-0.15, -0.1) is 0 Å². The molecule has 4 rings (SSSR count). The summed E-state index contributed by atoms with van der Waals surface area (Å²) in [5, 5.41) is 3.31. The number of hydrogen-bond donors (Lipinski definition) is 1. The van der Waals surface area contributed by atoms with Crippen LogP contribution in [0.15, 0.2) is 48.5 Å². The van der Waals surface area contributed by atoms with Crippen molar-refractivity contribution in [3.8, 4) is 5.75 Å². The highest BCUT2D eigenvalue weighted by molar-refractivity contribution is 7.22. The van der Waals surface area contributed by atoms with Gasteiger partial charge in [-0.2, -0.15) is 0 Å². The molecule has 0 radical (unpaired) electrons. The lowest BCUT2D eigenvalue weighted by atomic mass is 10.2. The summed E-state index contributed by atoms with van der Waals surface area (Å²) in [5.41, 5.74) is 1.52. The first-order chi connectivity index (χ1) is 12.1. The zero-order chi connectivity index (χ0) is 17.4. The maximum Gasteiger partial charge on any atom is 0.269 e. The topological polar surface area (TPSA) is 71.5 Å². The predicted molar refractivity (Wildman–Crippen MR) is 97.1 cm³/mol. The maximum atomic E-state index is 12.6. The van der Waals surface area contributed by atoms with Gasteiger partial charge in [0.1, 0.15) is 5.75 Å². The highest BCUT2D eigenvalue weighted by Crippen LogP contribution is 2.33. The minimum Gasteiger partial charge on any atom is -0.476 e. The van der Waals surface area contributed by atoms with Crippen LogP contribution in [0.25, 0.3) is 10.2 Å². The molecule has 1 unspecified atom stereocenters. The van der Waals surface area contributed by atoms with E-state index in [1.165, 1.54) is 18.3 Å². The standard InChI is InChI=1S/C18H15N3O3S/c1-11(22)21-10-15(24-14-8-4-3-7-13(14)21)17(23)20-18-19-12-6-2-5-9-16(12)25-18/h2-9,15H,10H2,1H3,(H,19,20,23). The fourth-order valence-corrected chi connectivity index (χ4v) is 3.65. The summed E-state index contributed by atoms with van der Waals surface area (Å²) >= 11 is 1.40. The summed E-state index contributed by atoms with van der Waals surface area (Å²) in [4.78, 5) is 30.5. The highest BCUT2D eigenvalue weighted by Gasteiger charge is 2.32. The molecule has 2 aromatic carbocycles. The molecule has 25 heavy (non-hydrogen) atoms. The van der Waals surface area contributed by atoms with E-state index in [2.05, 4.69) is 10.3 Å². The van der Waals surface area contributed by atoms with Gasteiger partial charge in [-0.1, -0.05) is 35.6 Å². The second kappa shape index (κ2) is 6.18. The molecule has 2 heterocycles. The Morgan fingerprint density at radius 2 is 1.96 bits per heavy atom. The quantitative estimate of drug-likeness (QED) is 0.769. The summed E-state index contributed by atoms with van der Waals surface area (Å²) in [5.74, 6) is 0.0711. The molecule has 0 fully saturated rings. The van der Waals surface area contributed by atoms with E-state index in [0.29, 0.717) is 16.6 Å². The number of ether oxygens (including phenoxy) is 1. The molecular formula is C18H15N3O3S. The number of benzene rings is 2. The van der Waals surface area contributed by atoms with Gasteiger partial charge in [-0.25, -0.2) is 4.98 Å². The molecule has 3 aromatic rings. The minimum absolute atomic E-state index is 0.131. The molecule has 0 saturated carbocycles. The summed E-state index contributed by atoms with van der Waals surface area (Å²) in [6, 6.07) is 14.9. The van der Waals surface area contributed by atoms with Gasteiger partial charge in [0.2, 0.25) is 5.91 Å². The van der Waals surface area contributed by atoms with Crippen molar-refractivity contribution in [1.29, 1.82) is 0 Å². The van der Waals surface area contributed by atoms with Gasteiger partial charge in [0.15, 0.2) is 11.2 Å². The molecule has 1 aromatic heterocycles. The van der Waals surface area contributed by atoms with Gasteiger partial charge in [0.05, 0.1) is 22.4 Å². The Labute approximate surface area is 148 Å². The van der Waals surface area contributed by atoms with Crippen molar-refractivity contribution in [2.75, 3.05) is 16.8 Å². The van der Waals surface area contributed by atoms with E-state index in [1.54, 1.807) is 17.0 Å². The van der Waals surface area contributed by atoms with Crippen molar-refractivity contribution >= 4 is 44.2 Å². The van der Waals surface area contributed by atoms with Crippen LogP contribution in [0.1, 0.15) is 6.92 Å². The number of anilines is 2. The zero-order valence-electron chi connectivity index (χ0n) is 13.4. The van der Waals surface area contributed by atoms with Gasteiger partial charge in [0.25, 0.3) is 5.91 Å². The van der Waals surface area contributed by atoms with Crippen molar-refractivity contribution in [2.24, 2.45) is 0 Å². The minimum atomic E-state index is -0.786. The molecule has 6 nitrogen and oxygen atoms in total. The van der Waals surface area contributed by atoms with Crippen LogP contribution in [0.4, 0.5) is 10.8 Å². The van der Waals surface area contributed by atoms with Crippen LogP contribution in [-0.4, -0.2) is 29.4 Å². The Morgan fingerprint density at radius 3 is 2.76 bits per heavy atom. The Balaban J connectivity index is 1.57. The molecule has 1 aliphatic heterocycles. The van der Waals surface area contributed by atoms with Crippen LogP contribution in [0.2, 0.25) is 0 Å². The third-order valence-corrected chi connectivity index (χ3v) is 4.92. The second-order valence-corrected chi connectivity index (χ2v) is 6.71. The Bertz CT molecular complexity index is 936. The van der Waals surface area contributed by atoms with Gasteiger partial charge in [-0.3, -0.25) is 14.9 Å². The SMILES string of the molecule is CC(=O)N1CC(C(=O)Nc2nc3ccccc3s2)Oc2ccccc21. The van der Waals surface area contributed by atoms with Crippen molar-refractivity contribution < 1.29 is 14.3 Å². The number of hydrogen-bond acceptors (Lipinski definition) is 5. The number of rotatable bonds is 2. The molecule has 0 spiro atoms. The Hall–Kier alpha value is -2.93. The molecule has 2 amide bonds. The van der Waals surface area contributed by atoms with Crippen LogP contribution in [-0.2, 0) is 9.59 Å². The lowest BCUT2D eigenvalue weighted by Gasteiger charge is -2.33. The average molecular weight is 353 g/mol.